The van der Waals surface area contributed by atoms with Gasteiger partial charge in [-0.2, -0.15) is 0 Å². The molecule has 19 heavy (non-hydrogen) atoms. The predicted octanol–water partition coefficient (Wildman–Crippen LogP) is 2.36. The maximum absolute atomic E-state index is 10.8. The van der Waals surface area contributed by atoms with Crippen LogP contribution in [0.15, 0.2) is 34.7 Å². The number of carbonyl (C=O) groups is 1. The van der Waals surface area contributed by atoms with Gasteiger partial charge in [-0.1, -0.05) is 12.1 Å². The van der Waals surface area contributed by atoms with Crippen LogP contribution in [0.25, 0.3) is 0 Å². The quantitative estimate of drug-likeness (QED) is 0.864. The number of furan rings is 1. The Morgan fingerprint density at radius 1 is 1.32 bits per heavy atom. The van der Waals surface area contributed by atoms with E-state index in [0.717, 1.165) is 5.56 Å². The van der Waals surface area contributed by atoms with E-state index in [4.69, 9.17) is 19.4 Å². The van der Waals surface area contributed by atoms with Crippen molar-refractivity contribution in [2.75, 3.05) is 0 Å². The molecule has 0 atom stereocenters. The van der Waals surface area contributed by atoms with E-state index < -0.39 is 5.97 Å². The van der Waals surface area contributed by atoms with E-state index in [1.54, 1.807) is 37.3 Å². The summed E-state index contributed by atoms with van der Waals surface area (Å²) in [5.74, 6) is -0.0606. The van der Waals surface area contributed by atoms with Gasteiger partial charge < -0.3 is 19.4 Å². The third-order valence-electron chi connectivity index (χ3n) is 2.65. The summed E-state index contributed by atoms with van der Waals surface area (Å²) in [7, 11) is 0. The summed E-state index contributed by atoms with van der Waals surface area (Å²) in [6.07, 6.45) is 0. The third-order valence-corrected chi connectivity index (χ3v) is 2.65. The Balaban J connectivity index is 2.01. The summed E-state index contributed by atoms with van der Waals surface area (Å²) >= 11 is 0. The van der Waals surface area contributed by atoms with Crippen LogP contribution in [-0.4, -0.2) is 16.2 Å². The number of aliphatic hydroxyl groups excluding tert-OH is 1. The van der Waals surface area contributed by atoms with Gasteiger partial charge in [0.05, 0.1) is 6.61 Å². The van der Waals surface area contributed by atoms with Gasteiger partial charge in [-0.25, -0.2) is 4.79 Å². The number of hydrogen-bond acceptors (Lipinski definition) is 4. The van der Waals surface area contributed by atoms with Crippen LogP contribution in [0.4, 0.5) is 0 Å². The number of aromatic carboxylic acids is 1. The molecular weight excluding hydrogens is 248 g/mol. The fourth-order valence-corrected chi connectivity index (χ4v) is 1.68. The number of aryl methyl sites for hydroxylation is 1. The summed E-state index contributed by atoms with van der Waals surface area (Å²) in [6, 6.07) is 8.63. The molecule has 2 N–H and O–H groups in total. The molecule has 2 aromatic rings. The molecule has 0 radical (unpaired) electrons. The molecule has 5 nitrogen and oxygen atoms in total. The molecule has 0 fully saturated rings. The molecule has 1 aromatic carbocycles. The molecule has 5 heteroatoms. The van der Waals surface area contributed by atoms with Crippen molar-refractivity contribution in [1.29, 1.82) is 0 Å². The minimum atomic E-state index is -1.09. The minimum Gasteiger partial charge on any atom is -0.486 e. The molecule has 0 bridgehead atoms. The van der Waals surface area contributed by atoms with Gasteiger partial charge in [0.25, 0.3) is 0 Å². The molecule has 0 unspecified atom stereocenters. The van der Waals surface area contributed by atoms with Crippen molar-refractivity contribution in [1.82, 2.24) is 0 Å². The lowest BCUT2D eigenvalue weighted by atomic mass is 10.2. The van der Waals surface area contributed by atoms with Crippen molar-refractivity contribution in [2.45, 2.75) is 20.1 Å². The van der Waals surface area contributed by atoms with E-state index in [9.17, 15) is 4.79 Å². The Morgan fingerprint density at radius 2 is 2.00 bits per heavy atom. The minimum absolute atomic E-state index is 0.0143. The lowest BCUT2D eigenvalue weighted by Gasteiger charge is -2.04. The van der Waals surface area contributed by atoms with E-state index in [-0.39, 0.29) is 19.0 Å². The smallest absolute Gasteiger partial charge is 0.372 e. The number of hydrogen-bond donors (Lipinski definition) is 2. The molecule has 0 amide bonds. The first-order valence-corrected chi connectivity index (χ1v) is 5.75. The van der Waals surface area contributed by atoms with Gasteiger partial charge in [-0.15, -0.1) is 0 Å². The van der Waals surface area contributed by atoms with E-state index in [2.05, 4.69) is 0 Å². The summed E-state index contributed by atoms with van der Waals surface area (Å²) in [5, 5.41) is 17.8. The lowest BCUT2D eigenvalue weighted by molar-refractivity contribution is 0.0657. The third kappa shape index (κ3) is 3.14. The Hall–Kier alpha value is -2.27. The molecule has 0 spiro atoms. The second-order valence-corrected chi connectivity index (χ2v) is 4.12. The van der Waals surface area contributed by atoms with Crippen molar-refractivity contribution in [3.63, 3.8) is 0 Å². The molecular formula is C14H14O5. The highest BCUT2D eigenvalue weighted by Crippen LogP contribution is 2.18. The summed E-state index contributed by atoms with van der Waals surface area (Å²) < 4.78 is 10.6. The fourth-order valence-electron chi connectivity index (χ4n) is 1.68. The van der Waals surface area contributed by atoms with Crippen LogP contribution < -0.4 is 4.74 Å². The van der Waals surface area contributed by atoms with Crippen LogP contribution in [0.5, 0.6) is 5.75 Å². The van der Waals surface area contributed by atoms with Gasteiger partial charge in [-0.05, 0) is 30.7 Å². The first-order chi connectivity index (χ1) is 9.10. The van der Waals surface area contributed by atoms with Crippen LogP contribution in [0.1, 0.15) is 27.4 Å². The van der Waals surface area contributed by atoms with Crippen molar-refractivity contribution < 1.29 is 24.2 Å². The molecule has 0 aliphatic carbocycles. The Bertz CT molecular complexity index is 568. The maximum atomic E-state index is 10.8. The van der Waals surface area contributed by atoms with Gasteiger partial charge in [0.1, 0.15) is 18.1 Å². The molecule has 2 rings (SSSR count). The molecule has 0 aliphatic heterocycles. The number of ether oxygens (including phenoxy) is 1. The van der Waals surface area contributed by atoms with Crippen LogP contribution in [0.3, 0.4) is 0 Å². The summed E-state index contributed by atoms with van der Waals surface area (Å²) in [6.45, 7) is 1.82. The van der Waals surface area contributed by atoms with Crippen LogP contribution in [0, 0.1) is 6.92 Å². The SMILES string of the molecule is Cc1cc(COc2ccc(CO)cc2)oc1C(=O)O. The van der Waals surface area contributed by atoms with Crippen molar-refractivity contribution in [2.24, 2.45) is 0 Å². The molecule has 100 valence electrons. The Labute approximate surface area is 110 Å². The van der Waals surface area contributed by atoms with Gasteiger partial charge >= 0.3 is 5.97 Å². The van der Waals surface area contributed by atoms with Gasteiger partial charge in [0.15, 0.2) is 0 Å². The zero-order chi connectivity index (χ0) is 13.8. The normalized spacial score (nSPS) is 10.4. The van der Waals surface area contributed by atoms with Crippen LogP contribution in [-0.2, 0) is 13.2 Å². The Kier molecular flexibility index (Phi) is 3.87. The lowest BCUT2D eigenvalue weighted by Crippen LogP contribution is -1.96. The average molecular weight is 262 g/mol. The number of aliphatic hydroxyl groups is 1. The molecule has 0 saturated heterocycles. The topological polar surface area (TPSA) is 79.9 Å². The Morgan fingerprint density at radius 3 is 2.53 bits per heavy atom. The van der Waals surface area contributed by atoms with E-state index >= 15 is 0 Å². The zero-order valence-electron chi connectivity index (χ0n) is 10.4. The first-order valence-electron chi connectivity index (χ1n) is 5.75. The van der Waals surface area contributed by atoms with Crippen molar-refractivity contribution in [3.05, 3.63) is 53.0 Å². The van der Waals surface area contributed by atoms with E-state index in [0.29, 0.717) is 17.1 Å². The summed E-state index contributed by atoms with van der Waals surface area (Å²) in [4.78, 5) is 10.8. The fraction of sp³-hybridized carbons (Fsp3) is 0.214. The second-order valence-electron chi connectivity index (χ2n) is 4.12. The van der Waals surface area contributed by atoms with Crippen molar-refractivity contribution in [3.8, 4) is 5.75 Å². The van der Waals surface area contributed by atoms with Crippen LogP contribution in [0.2, 0.25) is 0 Å². The standard InChI is InChI=1S/C14H14O5/c1-9-6-12(19-13(9)14(16)17)8-18-11-4-2-10(7-15)3-5-11/h2-6,15H,7-8H2,1H3,(H,16,17). The van der Waals surface area contributed by atoms with Crippen molar-refractivity contribution >= 4 is 5.97 Å². The second kappa shape index (κ2) is 5.58. The zero-order valence-corrected chi connectivity index (χ0v) is 10.4. The monoisotopic (exact) mass is 262 g/mol. The molecule has 0 aliphatic rings. The van der Waals surface area contributed by atoms with Gasteiger partial charge in [-0.3, -0.25) is 0 Å². The van der Waals surface area contributed by atoms with Crippen LogP contribution >= 0.6 is 0 Å². The maximum Gasteiger partial charge on any atom is 0.372 e. The first kappa shape index (κ1) is 13.2. The number of benzene rings is 1. The number of rotatable bonds is 5. The highest BCUT2D eigenvalue weighted by molar-refractivity contribution is 5.86. The summed E-state index contributed by atoms with van der Waals surface area (Å²) in [5.41, 5.74) is 1.37. The highest BCUT2D eigenvalue weighted by atomic mass is 16.5. The van der Waals surface area contributed by atoms with Gasteiger partial charge in [0, 0.05) is 5.56 Å². The van der Waals surface area contributed by atoms with E-state index in [1.165, 1.54) is 0 Å². The van der Waals surface area contributed by atoms with Gasteiger partial charge in [0.2, 0.25) is 5.76 Å². The highest BCUT2D eigenvalue weighted by Gasteiger charge is 2.14. The van der Waals surface area contributed by atoms with E-state index in [1.807, 2.05) is 0 Å². The molecule has 0 saturated carbocycles. The number of carboxylic acid groups (broad SMARTS) is 1. The molecule has 1 heterocycles. The predicted molar refractivity (Wildman–Crippen MR) is 67.1 cm³/mol. The average Bonchev–Trinajstić information content (AvgIpc) is 2.78. The largest absolute Gasteiger partial charge is 0.486 e. The number of carboxylic acids is 1. The molecule has 1 aromatic heterocycles.